The monoisotopic (exact) mass is 289 g/mol. The minimum Gasteiger partial charge on any atom is -0.480 e. The number of hydrogen-bond acceptors (Lipinski definition) is 4. The first-order chi connectivity index (χ1) is 9.99. The van der Waals surface area contributed by atoms with Gasteiger partial charge in [0.05, 0.1) is 11.3 Å². The molecule has 0 unspecified atom stereocenters. The van der Waals surface area contributed by atoms with E-state index < -0.39 is 12.0 Å². The van der Waals surface area contributed by atoms with Crippen molar-refractivity contribution < 1.29 is 14.7 Å². The predicted octanol–water partition coefficient (Wildman–Crippen LogP) is 1.42. The summed E-state index contributed by atoms with van der Waals surface area (Å²) in [7, 11) is 0. The molecule has 2 heterocycles. The summed E-state index contributed by atoms with van der Waals surface area (Å²) >= 11 is 0. The van der Waals surface area contributed by atoms with Crippen molar-refractivity contribution in [2.24, 2.45) is 11.8 Å². The Bertz CT molecular complexity index is 602. The lowest BCUT2D eigenvalue weighted by molar-refractivity contribution is -0.142. The number of fused-ring (bicyclic) bond motifs is 1. The number of carboxylic acid groups (broad SMARTS) is 1. The summed E-state index contributed by atoms with van der Waals surface area (Å²) in [6.07, 6.45) is 4.48. The number of aromatic nitrogens is 2. The molecular weight excluding hydrogens is 270 g/mol. The van der Waals surface area contributed by atoms with Gasteiger partial charge in [0.2, 0.25) is 0 Å². The van der Waals surface area contributed by atoms with Gasteiger partial charge in [-0.2, -0.15) is 0 Å². The molecule has 2 fully saturated rings. The smallest absolute Gasteiger partial charge is 0.326 e. The first-order valence-electron chi connectivity index (χ1n) is 7.33. The summed E-state index contributed by atoms with van der Waals surface area (Å²) in [6, 6.07) is -0.703. The number of carboxylic acids is 1. The number of aliphatic carboxylic acids is 1. The van der Waals surface area contributed by atoms with E-state index in [0.29, 0.717) is 29.5 Å². The first kappa shape index (κ1) is 14.0. The van der Waals surface area contributed by atoms with Gasteiger partial charge in [0, 0.05) is 12.7 Å². The molecule has 1 aliphatic carbocycles. The Hall–Kier alpha value is -1.98. The molecule has 21 heavy (non-hydrogen) atoms. The number of carbonyl (C=O) groups excluding carboxylic acids is 1. The molecule has 0 radical (unpaired) electrons. The summed E-state index contributed by atoms with van der Waals surface area (Å²) in [6.45, 7) is 4.06. The van der Waals surface area contributed by atoms with Gasteiger partial charge in [0.25, 0.3) is 5.91 Å². The Morgan fingerprint density at radius 2 is 2.10 bits per heavy atom. The molecule has 3 atom stereocenters. The Morgan fingerprint density at radius 1 is 1.33 bits per heavy atom. The fourth-order valence-electron chi connectivity index (χ4n) is 3.78. The fraction of sp³-hybridized carbons (Fsp3) is 0.600. The molecule has 0 aromatic carbocycles. The molecule has 1 aromatic heterocycles. The third-order valence-electron chi connectivity index (χ3n) is 4.73. The molecule has 0 bridgehead atoms. The Kier molecular flexibility index (Phi) is 3.39. The lowest BCUT2D eigenvalue weighted by Crippen LogP contribution is -2.43. The molecule has 1 aromatic rings. The molecule has 1 N–H and O–H groups in total. The predicted molar refractivity (Wildman–Crippen MR) is 74.8 cm³/mol. The highest BCUT2D eigenvalue weighted by atomic mass is 16.4. The van der Waals surface area contributed by atoms with Gasteiger partial charge in [-0.3, -0.25) is 4.79 Å². The van der Waals surface area contributed by atoms with E-state index in [1.54, 1.807) is 13.8 Å². The molecule has 0 spiro atoms. The van der Waals surface area contributed by atoms with Crippen LogP contribution < -0.4 is 0 Å². The zero-order chi connectivity index (χ0) is 15.1. The maximum atomic E-state index is 12.7. The molecule has 6 nitrogen and oxygen atoms in total. The van der Waals surface area contributed by atoms with E-state index in [4.69, 9.17) is 0 Å². The van der Waals surface area contributed by atoms with E-state index in [2.05, 4.69) is 9.97 Å². The third kappa shape index (κ3) is 2.28. The minimum atomic E-state index is -0.900. The normalized spacial score (nSPS) is 27.7. The van der Waals surface area contributed by atoms with E-state index in [0.717, 1.165) is 19.3 Å². The van der Waals surface area contributed by atoms with Crippen LogP contribution in [0.15, 0.2) is 6.20 Å². The van der Waals surface area contributed by atoms with Gasteiger partial charge in [-0.15, -0.1) is 0 Å². The van der Waals surface area contributed by atoms with Crippen LogP contribution in [0.25, 0.3) is 0 Å². The number of rotatable bonds is 2. The van der Waals surface area contributed by atoms with Crippen molar-refractivity contribution >= 4 is 11.9 Å². The number of carbonyl (C=O) groups is 2. The molecule has 1 saturated carbocycles. The van der Waals surface area contributed by atoms with Crippen LogP contribution >= 0.6 is 0 Å². The van der Waals surface area contributed by atoms with E-state index >= 15 is 0 Å². The van der Waals surface area contributed by atoms with Crippen molar-refractivity contribution in [3.05, 3.63) is 23.3 Å². The van der Waals surface area contributed by atoms with Crippen LogP contribution in [-0.4, -0.2) is 44.4 Å². The number of hydrogen-bond donors (Lipinski definition) is 1. The van der Waals surface area contributed by atoms with Crippen molar-refractivity contribution in [3.8, 4) is 0 Å². The van der Waals surface area contributed by atoms with Crippen LogP contribution in [-0.2, 0) is 4.79 Å². The average molecular weight is 289 g/mol. The highest BCUT2D eigenvalue weighted by Crippen LogP contribution is 2.42. The SMILES string of the molecule is Cc1ncc(C(=O)N2C[C@@H]3CCC[C@H]3[C@@H]2C(=O)O)c(C)n1. The largest absolute Gasteiger partial charge is 0.480 e. The summed E-state index contributed by atoms with van der Waals surface area (Å²) in [4.78, 5) is 34.1. The van der Waals surface area contributed by atoms with Crippen molar-refractivity contribution in [2.75, 3.05) is 6.54 Å². The lowest BCUT2D eigenvalue weighted by atomic mass is 9.94. The van der Waals surface area contributed by atoms with Gasteiger partial charge in [0.15, 0.2) is 0 Å². The van der Waals surface area contributed by atoms with E-state index in [1.807, 2.05) is 0 Å². The van der Waals surface area contributed by atoms with E-state index in [9.17, 15) is 14.7 Å². The van der Waals surface area contributed by atoms with Crippen LogP contribution in [0.5, 0.6) is 0 Å². The number of nitrogens with zero attached hydrogens (tertiary/aromatic N) is 3. The number of aryl methyl sites for hydroxylation is 2. The third-order valence-corrected chi connectivity index (χ3v) is 4.73. The molecule has 1 saturated heterocycles. The summed E-state index contributed by atoms with van der Waals surface area (Å²) in [5.41, 5.74) is 1.01. The molecule has 112 valence electrons. The fourth-order valence-corrected chi connectivity index (χ4v) is 3.78. The van der Waals surface area contributed by atoms with Crippen molar-refractivity contribution in [2.45, 2.75) is 39.2 Å². The summed E-state index contributed by atoms with van der Waals surface area (Å²) in [5.74, 6) is -0.130. The number of amides is 1. The topological polar surface area (TPSA) is 83.4 Å². The summed E-state index contributed by atoms with van der Waals surface area (Å²) < 4.78 is 0. The number of likely N-dealkylation sites (tertiary alicyclic amines) is 1. The molecule has 6 heteroatoms. The van der Waals surface area contributed by atoms with Gasteiger partial charge in [0.1, 0.15) is 11.9 Å². The van der Waals surface area contributed by atoms with E-state index in [1.165, 1.54) is 11.1 Å². The first-order valence-corrected chi connectivity index (χ1v) is 7.33. The Morgan fingerprint density at radius 3 is 2.76 bits per heavy atom. The average Bonchev–Trinajstić information content (AvgIpc) is 2.96. The standard InChI is InChI=1S/C15H19N3O3/c1-8-12(6-16-9(2)17-8)14(19)18-7-10-4-3-5-11(10)13(18)15(20)21/h6,10-11,13H,3-5,7H2,1-2H3,(H,20,21)/t10-,11+,13+/m0/s1. The van der Waals surface area contributed by atoms with Crippen LogP contribution in [0.4, 0.5) is 0 Å². The van der Waals surface area contributed by atoms with Gasteiger partial charge in [-0.1, -0.05) is 6.42 Å². The van der Waals surface area contributed by atoms with Crippen LogP contribution in [0.1, 0.15) is 41.1 Å². The second-order valence-electron chi connectivity index (χ2n) is 6.01. The Labute approximate surface area is 123 Å². The highest BCUT2D eigenvalue weighted by Gasteiger charge is 2.49. The van der Waals surface area contributed by atoms with E-state index in [-0.39, 0.29) is 11.8 Å². The van der Waals surface area contributed by atoms with Crippen molar-refractivity contribution in [1.82, 2.24) is 14.9 Å². The lowest BCUT2D eigenvalue weighted by Gasteiger charge is -2.24. The zero-order valence-electron chi connectivity index (χ0n) is 12.2. The second kappa shape index (κ2) is 5.09. The summed E-state index contributed by atoms with van der Waals surface area (Å²) in [5, 5.41) is 9.51. The zero-order valence-corrected chi connectivity index (χ0v) is 12.2. The molecule has 1 amide bonds. The molecular formula is C15H19N3O3. The Balaban J connectivity index is 1.91. The van der Waals surface area contributed by atoms with Crippen molar-refractivity contribution in [3.63, 3.8) is 0 Å². The minimum absolute atomic E-state index is 0.0955. The second-order valence-corrected chi connectivity index (χ2v) is 6.01. The van der Waals surface area contributed by atoms with Crippen LogP contribution in [0.3, 0.4) is 0 Å². The molecule has 3 rings (SSSR count). The van der Waals surface area contributed by atoms with Gasteiger partial charge < -0.3 is 10.0 Å². The van der Waals surface area contributed by atoms with Gasteiger partial charge in [-0.05, 0) is 38.5 Å². The highest BCUT2D eigenvalue weighted by molar-refractivity contribution is 5.97. The molecule has 2 aliphatic rings. The van der Waals surface area contributed by atoms with Crippen LogP contribution in [0, 0.1) is 25.7 Å². The van der Waals surface area contributed by atoms with Crippen molar-refractivity contribution in [1.29, 1.82) is 0 Å². The quantitative estimate of drug-likeness (QED) is 0.890. The van der Waals surface area contributed by atoms with Crippen LogP contribution in [0.2, 0.25) is 0 Å². The maximum Gasteiger partial charge on any atom is 0.326 e. The molecule has 1 aliphatic heterocycles. The maximum absolute atomic E-state index is 12.7. The van der Waals surface area contributed by atoms with Gasteiger partial charge >= 0.3 is 5.97 Å². The van der Waals surface area contributed by atoms with Gasteiger partial charge in [-0.25, -0.2) is 14.8 Å².